The predicted molar refractivity (Wildman–Crippen MR) is 68.2 cm³/mol. The molecule has 0 saturated carbocycles. The van der Waals surface area contributed by atoms with E-state index in [9.17, 15) is 0 Å². The third-order valence-electron chi connectivity index (χ3n) is 2.37. The Morgan fingerprint density at radius 2 is 1.88 bits per heavy atom. The first kappa shape index (κ1) is 10.4. The summed E-state index contributed by atoms with van der Waals surface area (Å²) in [7, 11) is 0. The first-order chi connectivity index (χ1) is 8.34. The average Bonchev–Trinajstić information content (AvgIpc) is 2.83. The third-order valence-corrected chi connectivity index (χ3v) is 3.00. The number of ether oxygens (including phenoxy) is 1. The topological polar surface area (TPSA) is 35.3 Å². The molecule has 3 aromatic rings. The van der Waals surface area contributed by atoms with Crippen molar-refractivity contribution < 1.29 is 9.15 Å². The fourth-order valence-electron chi connectivity index (χ4n) is 1.59. The van der Waals surface area contributed by atoms with Crippen molar-refractivity contribution in [3.05, 3.63) is 53.3 Å². The van der Waals surface area contributed by atoms with Gasteiger partial charge in [-0.05, 0) is 40.2 Å². The molecule has 3 nitrogen and oxygen atoms in total. The van der Waals surface area contributed by atoms with Crippen LogP contribution in [-0.4, -0.2) is 4.98 Å². The van der Waals surface area contributed by atoms with Gasteiger partial charge in [-0.2, -0.15) is 0 Å². The Morgan fingerprint density at radius 3 is 2.71 bits per heavy atom. The van der Waals surface area contributed by atoms with E-state index in [4.69, 9.17) is 9.15 Å². The zero-order valence-corrected chi connectivity index (χ0v) is 10.3. The van der Waals surface area contributed by atoms with Crippen LogP contribution in [0, 0.1) is 0 Å². The van der Waals surface area contributed by atoms with E-state index in [-0.39, 0.29) is 0 Å². The normalized spacial score (nSPS) is 10.6. The largest absolute Gasteiger partial charge is 0.454 e. The molecule has 0 aliphatic carbocycles. The summed E-state index contributed by atoms with van der Waals surface area (Å²) in [5, 5.41) is 0. The number of aromatic nitrogens is 1. The lowest BCUT2D eigenvalue weighted by atomic mass is 10.3. The summed E-state index contributed by atoms with van der Waals surface area (Å²) >= 11 is 3.45. The van der Waals surface area contributed by atoms with Gasteiger partial charge in [0.15, 0.2) is 23.2 Å². The van der Waals surface area contributed by atoms with E-state index in [2.05, 4.69) is 20.9 Å². The summed E-state index contributed by atoms with van der Waals surface area (Å²) in [4.78, 5) is 4.15. The summed E-state index contributed by atoms with van der Waals surface area (Å²) in [5.41, 5.74) is 1.42. The van der Waals surface area contributed by atoms with Crippen LogP contribution >= 0.6 is 15.9 Å². The van der Waals surface area contributed by atoms with Crippen molar-refractivity contribution in [2.45, 2.75) is 0 Å². The Kier molecular flexibility index (Phi) is 2.57. The highest BCUT2D eigenvalue weighted by Gasteiger charge is 2.11. The van der Waals surface area contributed by atoms with Crippen LogP contribution in [0.15, 0.2) is 57.7 Å². The Morgan fingerprint density at radius 1 is 1.06 bits per heavy atom. The van der Waals surface area contributed by atoms with Crippen molar-refractivity contribution in [2.24, 2.45) is 0 Å². The first-order valence-electron chi connectivity index (χ1n) is 5.09. The second-order valence-corrected chi connectivity index (χ2v) is 4.35. The number of halogens is 1. The highest BCUT2D eigenvalue weighted by Crippen LogP contribution is 2.35. The molecule has 0 radical (unpaired) electrons. The maximum absolute atomic E-state index is 5.81. The van der Waals surface area contributed by atoms with Gasteiger partial charge in [-0.3, -0.25) is 0 Å². The maximum atomic E-state index is 5.81. The highest BCUT2D eigenvalue weighted by atomic mass is 79.9. The smallest absolute Gasteiger partial charge is 0.182 e. The zero-order valence-electron chi connectivity index (χ0n) is 8.76. The molecule has 0 unspecified atom stereocenters. The zero-order chi connectivity index (χ0) is 11.7. The molecule has 0 spiro atoms. The van der Waals surface area contributed by atoms with Crippen LogP contribution in [0.2, 0.25) is 0 Å². The second kappa shape index (κ2) is 4.22. The van der Waals surface area contributed by atoms with Crippen molar-refractivity contribution in [3.8, 4) is 11.5 Å². The molecule has 84 valence electrons. The van der Waals surface area contributed by atoms with E-state index >= 15 is 0 Å². The molecule has 0 aliphatic rings. The van der Waals surface area contributed by atoms with Gasteiger partial charge < -0.3 is 9.15 Å². The molecule has 0 fully saturated rings. The van der Waals surface area contributed by atoms with Crippen LogP contribution in [0.5, 0.6) is 11.5 Å². The van der Waals surface area contributed by atoms with Crippen molar-refractivity contribution in [1.29, 1.82) is 0 Å². The van der Waals surface area contributed by atoms with Crippen LogP contribution in [0.25, 0.3) is 11.1 Å². The van der Waals surface area contributed by atoms with E-state index in [1.807, 2.05) is 42.5 Å². The molecule has 0 saturated heterocycles. The van der Waals surface area contributed by atoms with Crippen LogP contribution in [0.3, 0.4) is 0 Å². The van der Waals surface area contributed by atoms with Crippen LogP contribution in [0.1, 0.15) is 0 Å². The molecule has 0 N–H and O–H groups in total. The number of fused-ring (bicyclic) bond motifs is 1. The number of oxazole rings is 1. The van der Waals surface area contributed by atoms with Crippen molar-refractivity contribution >= 4 is 27.0 Å². The third kappa shape index (κ3) is 1.91. The molecule has 1 heterocycles. The molecule has 0 amide bonds. The summed E-state index contributed by atoms with van der Waals surface area (Å²) in [6.45, 7) is 0. The highest BCUT2D eigenvalue weighted by molar-refractivity contribution is 9.10. The van der Waals surface area contributed by atoms with Gasteiger partial charge in [0.25, 0.3) is 0 Å². The minimum Gasteiger partial charge on any atom is -0.454 e. The maximum Gasteiger partial charge on any atom is 0.182 e. The van der Waals surface area contributed by atoms with Crippen molar-refractivity contribution in [2.75, 3.05) is 0 Å². The lowest BCUT2D eigenvalue weighted by molar-refractivity contribution is 0.484. The average molecular weight is 290 g/mol. The number of benzene rings is 2. The summed E-state index contributed by atoms with van der Waals surface area (Å²) in [6, 6.07) is 13.3. The Bertz CT molecular complexity index is 649. The second-order valence-electron chi connectivity index (χ2n) is 3.49. The number of para-hydroxylation sites is 1. The van der Waals surface area contributed by atoms with E-state index in [1.165, 1.54) is 6.39 Å². The Labute approximate surface area is 106 Å². The molecular formula is C13H8BrNO2. The van der Waals surface area contributed by atoms with Gasteiger partial charge in [-0.25, -0.2) is 4.98 Å². The van der Waals surface area contributed by atoms with Gasteiger partial charge in [-0.1, -0.05) is 18.2 Å². The molecule has 4 heteroatoms. The van der Waals surface area contributed by atoms with Crippen LogP contribution in [0.4, 0.5) is 0 Å². The lowest BCUT2D eigenvalue weighted by Crippen LogP contribution is -1.86. The van der Waals surface area contributed by atoms with Crippen LogP contribution in [-0.2, 0) is 0 Å². The Hall–Kier alpha value is -1.81. The Balaban J connectivity index is 2.10. The summed E-state index contributed by atoms with van der Waals surface area (Å²) in [5.74, 6) is 1.44. The minimum atomic E-state index is 0.669. The molecule has 2 aromatic carbocycles. The number of rotatable bonds is 2. The van der Waals surface area contributed by atoms with E-state index in [1.54, 1.807) is 0 Å². The van der Waals surface area contributed by atoms with Gasteiger partial charge in [0, 0.05) is 0 Å². The number of hydrogen-bond acceptors (Lipinski definition) is 3. The number of nitrogens with zero attached hydrogens (tertiary/aromatic N) is 1. The van der Waals surface area contributed by atoms with Crippen molar-refractivity contribution in [3.63, 3.8) is 0 Å². The molecule has 17 heavy (non-hydrogen) atoms. The standard InChI is InChI=1S/C13H8BrNO2/c14-10-6-7-11-12(15-8-16-11)13(10)17-9-4-2-1-3-5-9/h1-8H. The SMILES string of the molecule is Brc1ccc2ocnc2c1Oc1ccccc1. The number of hydrogen-bond donors (Lipinski definition) is 0. The summed E-state index contributed by atoms with van der Waals surface area (Å²) < 4.78 is 11.9. The predicted octanol–water partition coefficient (Wildman–Crippen LogP) is 4.38. The van der Waals surface area contributed by atoms with Gasteiger partial charge in [0.2, 0.25) is 0 Å². The fraction of sp³-hybridized carbons (Fsp3) is 0. The molecule has 0 atom stereocenters. The van der Waals surface area contributed by atoms with Crippen molar-refractivity contribution in [1.82, 2.24) is 4.98 Å². The molecule has 0 aliphatic heterocycles. The van der Waals surface area contributed by atoms with Gasteiger partial charge >= 0.3 is 0 Å². The van der Waals surface area contributed by atoms with E-state index < -0.39 is 0 Å². The quantitative estimate of drug-likeness (QED) is 0.702. The molecule has 3 rings (SSSR count). The monoisotopic (exact) mass is 289 g/mol. The van der Waals surface area contributed by atoms with Crippen LogP contribution < -0.4 is 4.74 Å². The van der Waals surface area contributed by atoms with E-state index in [0.717, 1.165) is 10.2 Å². The van der Waals surface area contributed by atoms with Gasteiger partial charge in [0.05, 0.1) is 4.47 Å². The molecular weight excluding hydrogens is 282 g/mol. The molecule has 0 bridgehead atoms. The first-order valence-corrected chi connectivity index (χ1v) is 5.88. The van der Waals surface area contributed by atoms with E-state index in [0.29, 0.717) is 16.8 Å². The summed E-state index contributed by atoms with van der Waals surface area (Å²) in [6.07, 6.45) is 1.41. The minimum absolute atomic E-state index is 0.669. The molecule has 1 aromatic heterocycles. The van der Waals surface area contributed by atoms with Gasteiger partial charge in [0.1, 0.15) is 5.75 Å². The fourth-order valence-corrected chi connectivity index (χ4v) is 1.99. The lowest BCUT2D eigenvalue weighted by Gasteiger charge is -2.07. The van der Waals surface area contributed by atoms with Gasteiger partial charge in [-0.15, -0.1) is 0 Å².